The van der Waals surface area contributed by atoms with Crippen molar-refractivity contribution in [1.29, 1.82) is 0 Å². The maximum Gasteiger partial charge on any atom is 0.245 e. The van der Waals surface area contributed by atoms with E-state index in [1.54, 1.807) is 0 Å². The van der Waals surface area contributed by atoms with Gasteiger partial charge in [-0.25, -0.2) is 4.68 Å². The number of nitrogens with zero attached hydrogens (tertiary/aromatic N) is 5. The topological polar surface area (TPSA) is 111 Å². The van der Waals surface area contributed by atoms with Crippen LogP contribution in [0.5, 0.6) is 17.2 Å². The van der Waals surface area contributed by atoms with Crippen LogP contribution in [0.15, 0.2) is 73.1 Å². The molecule has 40 heavy (non-hydrogen) atoms. The highest BCUT2D eigenvalue weighted by Crippen LogP contribution is 2.38. The van der Waals surface area contributed by atoms with Gasteiger partial charge in [0.1, 0.15) is 30.1 Å². The Hall–Kier alpha value is -4.73. The van der Waals surface area contributed by atoms with Crippen LogP contribution in [0.4, 0.5) is 0 Å². The summed E-state index contributed by atoms with van der Waals surface area (Å²) in [6.45, 7) is 1.61. The van der Waals surface area contributed by atoms with E-state index in [0.717, 1.165) is 39.5 Å². The molecule has 0 spiro atoms. The molecule has 1 aromatic heterocycles. The Bertz CT molecular complexity index is 1490. The van der Waals surface area contributed by atoms with Crippen LogP contribution in [0.2, 0.25) is 0 Å². The first-order valence-electron chi connectivity index (χ1n) is 13.5. The maximum atomic E-state index is 13.5. The molecular formula is C30H30N6O4. The third kappa shape index (κ3) is 5.80. The summed E-state index contributed by atoms with van der Waals surface area (Å²) in [7, 11) is 0. The van der Waals surface area contributed by atoms with E-state index in [0.29, 0.717) is 45.4 Å². The number of fused-ring (bicyclic) bond motifs is 1. The zero-order chi connectivity index (χ0) is 27.3. The summed E-state index contributed by atoms with van der Waals surface area (Å²) in [4.78, 5) is 27.7. The second kappa shape index (κ2) is 11.6. The van der Waals surface area contributed by atoms with Gasteiger partial charge in [-0.05, 0) is 88.3 Å². The minimum absolute atomic E-state index is 0.0215. The molecule has 204 valence electrons. The molecule has 0 fully saturated rings. The van der Waals surface area contributed by atoms with Gasteiger partial charge in [0.05, 0.1) is 12.6 Å². The number of benzene rings is 3. The predicted octanol–water partition coefficient (Wildman–Crippen LogP) is 3.47. The number of ether oxygens (including phenoxy) is 2. The number of amides is 2. The quantitative estimate of drug-likeness (QED) is 0.416. The second-order valence-electron chi connectivity index (χ2n) is 9.98. The average molecular weight is 539 g/mol. The van der Waals surface area contributed by atoms with Crippen molar-refractivity contribution in [2.45, 2.75) is 38.3 Å². The average Bonchev–Trinajstić information content (AvgIpc) is 3.49. The number of hydrogen-bond acceptors (Lipinski definition) is 7. The third-order valence-electron chi connectivity index (χ3n) is 7.24. The minimum atomic E-state index is -0.307. The summed E-state index contributed by atoms with van der Waals surface area (Å²) in [5.41, 5.74) is 4.21. The van der Waals surface area contributed by atoms with E-state index < -0.39 is 0 Å². The van der Waals surface area contributed by atoms with Crippen LogP contribution >= 0.6 is 0 Å². The lowest BCUT2D eigenvalue weighted by atomic mass is 9.87. The van der Waals surface area contributed by atoms with Gasteiger partial charge in [0.2, 0.25) is 11.8 Å². The second-order valence-corrected chi connectivity index (χ2v) is 9.98. The molecule has 3 aromatic carbocycles. The number of nitrogens with one attached hydrogen (secondary N) is 1. The Morgan fingerprint density at radius 2 is 1.85 bits per heavy atom. The van der Waals surface area contributed by atoms with Crippen LogP contribution in [0.3, 0.4) is 0 Å². The summed E-state index contributed by atoms with van der Waals surface area (Å²) in [5.74, 6) is 2.14. The van der Waals surface area contributed by atoms with E-state index in [1.807, 2.05) is 65.6 Å². The molecule has 0 saturated carbocycles. The first-order chi connectivity index (χ1) is 19.6. The Morgan fingerprint density at radius 1 is 0.975 bits per heavy atom. The molecule has 1 unspecified atom stereocenters. The number of aromatic nitrogens is 4. The van der Waals surface area contributed by atoms with Gasteiger partial charge in [-0.3, -0.25) is 9.59 Å². The van der Waals surface area contributed by atoms with Gasteiger partial charge < -0.3 is 19.7 Å². The van der Waals surface area contributed by atoms with Crippen molar-refractivity contribution in [3.05, 3.63) is 95.3 Å². The van der Waals surface area contributed by atoms with Crippen molar-refractivity contribution in [3.8, 4) is 17.2 Å². The molecule has 0 radical (unpaired) electrons. The van der Waals surface area contributed by atoms with Crippen LogP contribution in [0, 0.1) is 0 Å². The zero-order valence-electron chi connectivity index (χ0n) is 22.0. The van der Waals surface area contributed by atoms with Gasteiger partial charge in [-0.15, -0.1) is 5.10 Å². The molecule has 1 atom stereocenters. The van der Waals surface area contributed by atoms with Gasteiger partial charge in [-0.1, -0.05) is 30.3 Å². The van der Waals surface area contributed by atoms with Crippen LogP contribution in [0.1, 0.15) is 41.1 Å². The van der Waals surface area contributed by atoms with Crippen molar-refractivity contribution in [2.24, 2.45) is 0 Å². The monoisotopic (exact) mass is 538 g/mol. The van der Waals surface area contributed by atoms with E-state index in [4.69, 9.17) is 9.47 Å². The summed E-state index contributed by atoms with van der Waals surface area (Å²) in [6, 6.07) is 21.5. The minimum Gasteiger partial charge on any atom is -0.494 e. The van der Waals surface area contributed by atoms with Gasteiger partial charge >= 0.3 is 0 Å². The number of carbonyl (C=O) groups is 2. The van der Waals surface area contributed by atoms with E-state index in [9.17, 15) is 9.59 Å². The Balaban J connectivity index is 1.35. The number of hydrogen-bond donors (Lipinski definition) is 1. The fourth-order valence-corrected chi connectivity index (χ4v) is 5.25. The Labute approximate surface area is 231 Å². The Kier molecular flexibility index (Phi) is 7.39. The van der Waals surface area contributed by atoms with E-state index in [-0.39, 0.29) is 24.4 Å². The van der Waals surface area contributed by atoms with Crippen LogP contribution < -0.4 is 14.8 Å². The molecule has 8 bridgehead atoms. The summed E-state index contributed by atoms with van der Waals surface area (Å²) < 4.78 is 13.7. The number of rotatable bonds is 2. The van der Waals surface area contributed by atoms with Gasteiger partial charge in [-0.2, -0.15) is 0 Å². The van der Waals surface area contributed by atoms with Crippen molar-refractivity contribution in [3.63, 3.8) is 0 Å². The highest BCUT2D eigenvalue weighted by molar-refractivity contribution is 5.78. The van der Waals surface area contributed by atoms with E-state index in [2.05, 4.69) is 26.9 Å². The highest BCUT2D eigenvalue weighted by atomic mass is 16.5. The van der Waals surface area contributed by atoms with Gasteiger partial charge in [0.25, 0.3) is 0 Å². The molecule has 1 N–H and O–H groups in total. The predicted molar refractivity (Wildman–Crippen MR) is 146 cm³/mol. The lowest BCUT2D eigenvalue weighted by Crippen LogP contribution is -2.42. The largest absolute Gasteiger partial charge is 0.494 e. The molecule has 8 rings (SSSR count). The first kappa shape index (κ1) is 25.5. The molecular weight excluding hydrogens is 508 g/mol. The molecule has 4 aliphatic rings. The lowest BCUT2D eigenvalue weighted by molar-refractivity contribution is -0.134. The number of aryl methyl sites for hydroxylation is 1. The first-order valence-corrected chi connectivity index (χ1v) is 13.5. The molecule has 0 aliphatic carbocycles. The summed E-state index contributed by atoms with van der Waals surface area (Å²) in [6.07, 6.45) is 3.92. The highest BCUT2D eigenvalue weighted by Gasteiger charge is 2.33. The maximum absolute atomic E-state index is 13.5. The molecule has 5 heterocycles. The molecule has 10 heteroatoms. The van der Waals surface area contributed by atoms with Crippen molar-refractivity contribution < 1.29 is 19.1 Å². The fraction of sp³-hybridized carbons (Fsp3) is 0.300. The summed E-state index contributed by atoms with van der Waals surface area (Å²) in [5, 5.41) is 14.2. The lowest BCUT2D eigenvalue weighted by Gasteiger charge is -2.38. The van der Waals surface area contributed by atoms with Crippen LogP contribution in [-0.2, 0) is 29.0 Å². The van der Waals surface area contributed by atoms with Crippen LogP contribution in [0.25, 0.3) is 0 Å². The number of carbonyl (C=O) groups excluding carboxylic acids is 2. The fourth-order valence-electron chi connectivity index (χ4n) is 5.25. The van der Waals surface area contributed by atoms with Crippen molar-refractivity contribution in [2.75, 3.05) is 19.7 Å². The van der Waals surface area contributed by atoms with E-state index >= 15 is 0 Å². The van der Waals surface area contributed by atoms with Gasteiger partial charge in [0.15, 0.2) is 0 Å². The van der Waals surface area contributed by atoms with Crippen molar-refractivity contribution in [1.82, 2.24) is 30.4 Å². The molecule has 10 nitrogen and oxygen atoms in total. The van der Waals surface area contributed by atoms with Gasteiger partial charge in [0, 0.05) is 19.5 Å². The molecule has 0 saturated heterocycles. The summed E-state index contributed by atoms with van der Waals surface area (Å²) >= 11 is 0. The molecule has 4 aromatic rings. The smallest absolute Gasteiger partial charge is 0.245 e. The standard InChI is InChI=1S/C30H30N6O4/c37-28-12-7-21-5-8-24(9-6-21)40-26-10-11-27-22(17-26)13-15-36(29(38)19-35-20-32-33-34-35)30(27)23-3-1-4-25(18-23)39-16-2-14-31-28/h1,3-6,8-11,17-18,20,30H,2,7,12-16,19H2,(H,31,37). The molecule has 2 amide bonds. The molecule has 4 aliphatic heterocycles. The normalized spacial score (nSPS) is 17.4. The van der Waals surface area contributed by atoms with Crippen LogP contribution in [-0.4, -0.2) is 56.6 Å². The Morgan fingerprint density at radius 3 is 2.70 bits per heavy atom. The van der Waals surface area contributed by atoms with Crippen molar-refractivity contribution >= 4 is 11.8 Å². The van der Waals surface area contributed by atoms with E-state index in [1.165, 1.54) is 11.0 Å². The number of tetrazole rings is 1. The zero-order valence-corrected chi connectivity index (χ0v) is 22.0. The third-order valence-corrected chi connectivity index (χ3v) is 7.24. The SMILES string of the molecule is O=C1CCc2ccc(cc2)Oc2ccc3c(c2)CCN(C(=O)Cn2cnnn2)C3c2cccc(c2)OCCCN1.